The topological polar surface area (TPSA) is 96.3 Å². The molecule has 9 nitrogen and oxygen atoms in total. The van der Waals surface area contributed by atoms with Crippen LogP contribution in [0.1, 0.15) is 6.42 Å². The van der Waals surface area contributed by atoms with Crippen LogP contribution in [0.3, 0.4) is 0 Å². The lowest BCUT2D eigenvalue weighted by atomic mass is 10.1. The SMILES string of the molecule is C=CC(=O)Nc1cc(Nc2nccc(-c3cn(C)c4ccccc34)n2)c(OC)cc1N[C@H]1CCN(C)C1. The third kappa shape index (κ3) is 5.12. The summed E-state index contributed by atoms with van der Waals surface area (Å²) in [7, 11) is 5.74. The van der Waals surface area contributed by atoms with Crippen molar-refractivity contribution in [3.8, 4) is 17.0 Å². The monoisotopic (exact) mass is 497 g/mol. The number of fused-ring (bicyclic) bond motifs is 1. The van der Waals surface area contributed by atoms with Gasteiger partial charge in [0.25, 0.3) is 0 Å². The van der Waals surface area contributed by atoms with E-state index in [1.54, 1.807) is 13.3 Å². The van der Waals surface area contributed by atoms with Crippen molar-refractivity contribution in [2.75, 3.05) is 43.2 Å². The number of ether oxygens (including phenoxy) is 1. The highest BCUT2D eigenvalue weighted by Crippen LogP contribution is 2.37. The van der Waals surface area contributed by atoms with Crippen molar-refractivity contribution >= 4 is 39.8 Å². The third-order valence-electron chi connectivity index (χ3n) is 6.61. The normalized spacial score (nSPS) is 15.5. The molecule has 1 aliphatic heterocycles. The van der Waals surface area contributed by atoms with E-state index in [0.29, 0.717) is 23.1 Å². The Morgan fingerprint density at radius 3 is 2.76 bits per heavy atom. The first kappa shape index (κ1) is 24.3. The first-order chi connectivity index (χ1) is 17.9. The van der Waals surface area contributed by atoms with Crippen molar-refractivity contribution in [3.63, 3.8) is 0 Å². The number of carbonyl (C=O) groups excluding carboxylic acids is 1. The first-order valence-electron chi connectivity index (χ1n) is 12.2. The smallest absolute Gasteiger partial charge is 0.247 e. The number of aromatic nitrogens is 3. The second-order valence-corrected chi connectivity index (χ2v) is 9.24. The van der Waals surface area contributed by atoms with Crippen LogP contribution >= 0.6 is 0 Å². The fourth-order valence-electron chi connectivity index (χ4n) is 4.76. The largest absolute Gasteiger partial charge is 0.494 e. The molecule has 0 unspecified atom stereocenters. The molecule has 3 heterocycles. The van der Waals surface area contributed by atoms with Crippen LogP contribution in [0.4, 0.5) is 23.0 Å². The number of nitrogens with one attached hydrogen (secondary N) is 3. The Labute approximate surface area is 216 Å². The van der Waals surface area contributed by atoms with Gasteiger partial charge in [-0.15, -0.1) is 0 Å². The number of benzene rings is 2. The van der Waals surface area contributed by atoms with Crippen LogP contribution in [-0.2, 0) is 11.8 Å². The van der Waals surface area contributed by atoms with Crippen molar-refractivity contribution in [2.24, 2.45) is 7.05 Å². The fraction of sp³-hybridized carbons (Fsp3) is 0.250. The Balaban J connectivity index is 1.48. The Morgan fingerprint density at radius 2 is 2.00 bits per heavy atom. The van der Waals surface area contributed by atoms with Gasteiger partial charge in [0.2, 0.25) is 11.9 Å². The minimum absolute atomic E-state index is 0.272. The van der Waals surface area contributed by atoms with Crippen molar-refractivity contribution in [1.29, 1.82) is 0 Å². The molecule has 1 aliphatic rings. The van der Waals surface area contributed by atoms with Gasteiger partial charge >= 0.3 is 0 Å². The Morgan fingerprint density at radius 1 is 1.16 bits per heavy atom. The van der Waals surface area contributed by atoms with E-state index in [-0.39, 0.29) is 11.9 Å². The number of amides is 1. The fourth-order valence-corrected chi connectivity index (χ4v) is 4.76. The average Bonchev–Trinajstić information content (AvgIpc) is 3.48. The van der Waals surface area contributed by atoms with Gasteiger partial charge in [0, 0.05) is 54.6 Å². The number of para-hydroxylation sites is 1. The summed E-state index contributed by atoms with van der Waals surface area (Å²) in [5.41, 5.74) is 4.99. The van der Waals surface area contributed by atoms with E-state index in [4.69, 9.17) is 9.72 Å². The number of aryl methyl sites for hydroxylation is 1. The second kappa shape index (κ2) is 10.3. The third-order valence-corrected chi connectivity index (χ3v) is 6.61. The zero-order chi connectivity index (χ0) is 25.9. The van der Waals surface area contributed by atoms with Crippen LogP contribution in [0.5, 0.6) is 5.75 Å². The molecule has 1 saturated heterocycles. The van der Waals surface area contributed by atoms with E-state index in [1.807, 2.05) is 37.4 Å². The summed E-state index contributed by atoms with van der Waals surface area (Å²) < 4.78 is 7.79. The predicted octanol–water partition coefficient (Wildman–Crippen LogP) is 4.63. The van der Waals surface area contributed by atoms with E-state index >= 15 is 0 Å². The molecule has 1 amide bonds. The molecule has 9 heteroatoms. The van der Waals surface area contributed by atoms with Gasteiger partial charge in [0.15, 0.2) is 0 Å². The number of rotatable bonds is 8. The van der Waals surface area contributed by atoms with Crippen LogP contribution in [-0.4, -0.2) is 58.6 Å². The summed E-state index contributed by atoms with van der Waals surface area (Å²) >= 11 is 0. The molecular formula is C28H31N7O2. The maximum Gasteiger partial charge on any atom is 0.247 e. The number of nitrogens with zero attached hydrogens (tertiary/aromatic N) is 4. The lowest BCUT2D eigenvalue weighted by molar-refractivity contribution is -0.111. The highest BCUT2D eigenvalue weighted by Gasteiger charge is 2.22. The van der Waals surface area contributed by atoms with Gasteiger partial charge in [-0.2, -0.15) is 0 Å². The van der Waals surface area contributed by atoms with Gasteiger partial charge in [-0.3, -0.25) is 4.79 Å². The van der Waals surface area contributed by atoms with Crippen LogP contribution in [0, 0.1) is 0 Å². The number of carbonyl (C=O) groups is 1. The highest BCUT2D eigenvalue weighted by molar-refractivity contribution is 6.02. The molecule has 1 atom stereocenters. The molecule has 0 radical (unpaired) electrons. The summed E-state index contributed by atoms with van der Waals surface area (Å²) in [6, 6.07) is 14.1. The zero-order valence-corrected chi connectivity index (χ0v) is 21.3. The van der Waals surface area contributed by atoms with E-state index in [2.05, 4.69) is 62.4 Å². The van der Waals surface area contributed by atoms with E-state index < -0.39 is 0 Å². The summed E-state index contributed by atoms with van der Waals surface area (Å²) in [4.78, 5) is 23.7. The minimum atomic E-state index is -0.295. The molecule has 1 fully saturated rings. The predicted molar refractivity (Wildman–Crippen MR) is 149 cm³/mol. The summed E-state index contributed by atoms with van der Waals surface area (Å²) in [5, 5.41) is 10.9. The molecule has 0 aliphatic carbocycles. The molecule has 2 aromatic carbocycles. The van der Waals surface area contributed by atoms with Gasteiger partial charge in [-0.05, 0) is 44.3 Å². The van der Waals surface area contributed by atoms with E-state index in [0.717, 1.165) is 47.4 Å². The standard InChI is InChI=1S/C28H31N7O2/c1-5-27(36)31-22-14-24(26(37-4)15-23(22)30-18-11-13-34(2)16-18)33-28-29-12-10-21(32-28)20-17-35(3)25-9-7-6-8-19(20)25/h5-10,12,14-15,17-18,30H,1,11,13,16H2,2-4H3,(H,31,36)(H,29,32,33)/t18-/m0/s1. The lowest BCUT2D eigenvalue weighted by Gasteiger charge is -2.21. The number of likely N-dealkylation sites (N-methyl/N-ethyl adjacent to an activating group) is 1. The van der Waals surface area contributed by atoms with Crippen molar-refractivity contribution in [1.82, 2.24) is 19.4 Å². The first-order valence-corrected chi connectivity index (χ1v) is 12.2. The highest BCUT2D eigenvalue weighted by atomic mass is 16.5. The van der Waals surface area contributed by atoms with E-state index in [9.17, 15) is 4.79 Å². The van der Waals surface area contributed by atoms with Crippen molar-refractivity contribution in [3.05, 3.63) is 67.5 Å². The van der Waals surface area contributed by atoms with Crippen molar-refractivity contribution < 1.29 is 9.53 Å². The van der Waals surface area contributed by atoms with Gasteiger partial charge in [0.1, 0.15) is 5.75 Å². The number of hydrogen-bond donors (Lipinski definition) is 3. The minimum Gasteiger partial charge on any atom is -0.494 e. The summed E-state index contributed by atoms with van der Waals surface area (Å²) in [6.45, 7) is 5.53. The Kier molecular flexibility index (Phi) is 6.78. The molecule has 0 saturated carbocycles. The Bertz CT molecular complexity index is 1460. The van der Waals surface area contributed by atoms with Crippen LogP contribution < -0.4 is 20.7 Å². The van der Waals surface area contributed by atoms with Crippen LogP contribution in [0.25, 0.3) is 22.2 Å². The maximum absolute atomic E-state index is 12.2. The van der Waals surface area contributed by atoms with E-state index in [1.165, 1.54) is 6.08 Å². The molecule has 0 bridgehead atoms. The number of likely N-dealkylation sites (tertiary alicyclic amines) is 1. The summed E-state index contributed by atoms with van der Waals surface area (Å²) in [5.74, 6) is 0.726. The van der Waals surface area contributed by atoms with Gasteiger partial charge in [0.05, 0.1) is 29.9 Å². The van der Waals surface area contributed by atoms with Crippen molar-refractivity contribution in [2.45, 2.75) is 12.5 Å². The van der Waals surface area contributed by atoms with Crippen LogP contribution in [0.15, 0.2) is 67.5 Å². The van der Waals surface area contributed by atoms with Crippen LogP contribution in [0.2, 0.25) is 0 Å². The molecule has 5 rings (SSSR count). The molecular weight excluding hydrogens is 466 g/mol. The lowest BCUT2D eigenvalue weighted by Crippen LogP contribution is -2.24. The van der Waals surface area contributed by atoms with Gasteiger partial charge < -0.3 is 30.2 Å². The molecule has 37 heavy (non-hydrogen) atoms. The zero-order valence-electron chi connectivity index (χ0n) is 21.3. The molecule has 190 valence electrons. The maximum atomic E-state index is 12.2. The molecule has 4 aromatic rings. The molecule has 2 aromatic heterocycles. The molecule has 3 N–H and O–H groups in total. The van der Waals surface area contributed by atoms with Gasteiger partial charge in [-0.1, -0.05) is 24.8 Å². The number of anilines is 4. The number of hydrogen-bond acceptors (Lipinski definition) is 7. The molecule has 0 spiro atoms. The average molecular weight is 498 g/mol. The quantitative estimate of drug-likeness (QED) is 0.306. The Hall–Kier alpha value is -4.37. The second-order valence-electron chi connectivity index (χ2n) is 9.24. The number of methoxy groups -OCH3 is 1. The van der Waals surface area contributed by atoms with Gasteiger partial charge in [-0.25, -0.2) is 9.97 Å². The summed E-state index contributed by atoms with van der Waals surface area (Å²) in [6.07, 6.45) is 6.07.